The third kappa shape index (κ3) is 4.12. The summed E-state index contributed by atoms with van der Waals surface area (Å²) in [5.74, 6) is 0.828. The zero-order valence-corrected chi connectivity index (χ0v) is 16.3. The Morgan fingerprint density at radius 1 is 1.24 bits per heavy atom. The van der Waals surface area contributed by atoms with Gasteiger partial charge in [-0.05, 0) is 80.5 Å². The molecule has 0 aliphatic carbocycles. The fourth-order valence-corrected chi connectivity index (χ4v) is 3.27. The van der Waals surface area contributed by atoms with Crippen LogP contribution in [0, 0.1) is 3.57 Å². The maximum absolute atomic E-state index is 6.26. The van der Waals surface area contributed by atoms with Crippen LogP contribution < -0.4 is 10.1 Å². The molecule has 0 spiro atoms. The Hall–Kier alpha value is -0.300. The molecule has 0 amide bonds. The molecule has 1 N–H and O–H groups in total. The van der Waals surface area contributed by atoms with Gasteiger partial charge in [0.25, 0.3) is 0 Å². The minimum absolute atomic E-state index is 0.103. The largest absolute Gasteiger partial charge is 0.496 e. The summed E-state index contributed by atoms with van der Waals surface area (Å²) < 4.78 is 7.30. The SMILES string of the molecule is CCNC(c1ccc(I)c(Cl)c1)c1ccc(OC)c(Br)c1. The van der Waals surface area contributed by atoms with Crippen molar-refractivity contribution in [3.05, 3.63) is 60.6 Å². The van der Waals surface area contributed by atoms with Crippen LogP contribution in [-0.4, -0.2) is 13.7 Å². The standard InChI is InChI=1S/C16H16BrClINO/c1-3-20-16(11-4-6-14(19)13(18)9-11)10-5-7-15(21-2)12(17)8-10/h4-9,16,20H,3H2,1-2H3. The fraction of sp³-hybridized carbons (Fsp3) is 0.250. The second-order valence-corrected chi connectivity index (χ2v) is 6.98. The average molecular weight is 481 g/mol. The van der Waals surface area contributed by atoms with Crippen molar-refractivity contribution in [3.8, 4) is 5.75 Å². The summed E-state index contributed by atoms with van der Waals surface area (Å²) in [6, 6.07) is 12.4. The Bertz CT molecular complexity index is 636. The van der Waals surface area contributed by atoms with Crippen molar-refractivity contribution in [1.29, 1.82) is 0 Å². The molecule has 2 aromatic carbocycles. The van der Waals surface area contributed by atoms with E-state index in [4.69, 9.17) is 16.3 Å². The quantitative estimate of drug-likeness (QED) is 0.578. The lowest BCUT2D eigenvalue weighted by atomic mass is 9.98. The van der Waals surface area contributed by atoms with Gasteiger partial charge in [-0.1, -0.05) is 30.7 Å². The molecule has 0 heterocycles. The van der Waals surface area contributed by atoms with Crippen LogP contribution in [0.1, 0.15) is 24.1 Å². The van der Waals surface area contributed by atoms with E-state index in [0.717, 1.165) is 30.9 Å². The highest BCUT2D eigenvalue weighted by Gasteiger charge is 2.15. The lowest BCUT2D eigenvalue weighted by molar-refractivity contribution is 0.412. The first kappa shape index (κ1) is 17.1. The van der Waals surface area contributed by atoms with Crippen LogP contribution in [0.25, 0.3) is 0 Å². The number of halogens is 3. The minimum atomic E-state index is 0.103. The van der Waals surface area contributed by atoms with Gasteiger partial charge >= 0.3 is 0 Å². The normalized spacial score (nSPS) is 12.2. The molecular formula is C16H16BrClINO. The first-order valence-corrected chi connectivity index (χ1v) is 8.83. The second kappa shape index (κ2) is 7.81. The van der Waals surface area contributed by atoms with Crippen molar-refractivity contribution in [2.75, 3.05) is 13.7 Å². The molecule has 0 aromatic heterocycles. The van der Waals surface area contributed by atoms with Crippen LogP contribution in [-0.2, 0) is 0 Å². The summed E-state index contributed by atoms with van der Waals surface area (Å²) in [6.07, 6.45) is 0. The van der Waals surface area contributed by atoms with Crippen molar-refractivity contribution < 1.29 is 4.74 Å². The number of methoxy groups -OCH3 is 1. The van der Waals surface area contributed by atoms with Crippen LogP contribution in [0.5, 0.6) is 5.75 Å². The van der Waals surface area contributed by atoms with Crippen molar-refractivity contribution in [1.82, 2.24) is 5.32 Å². The van der Waals surface area contributed by atoms with E-state index in [-0.39, 0.29) is 6.04 Å². The molecule has 5 heteroatoms. The van der Waals surface area contributed by atoms with Gasteiger partial charge in [0, 0.05) is 3.57 Å². The summed E-state index contributed by atoms with van der Waals surface area (Å²) in [5.41, 5.74) is 2.32. The van der Waals surface area contributed by atoms with Gasteiger partial charge in [0.15, 0.2) is 0 Å². The summed E-state index contributed by atoms with van der Waals surface area (Å²) in [7, 11) is 1.67. The highest BCUT2D eigenvalue weighted by atomic mass is 127. The molecule has 0 bridgehead atoms. The predicted molar refractivity (Wildman–Crippen MR) is 100 cm³/mol. The Balaban J connectivity index is 2.42. The Morgan fingerprint density at radius 2 is 1.90 bits per heavy atom. The molecule has 112 valence electrons. The van der Waals surface area contributed by atoms with Crippen LogP contribution in [0.2, 0.25) is 5.02 Å². The van der Waals surface area contributed by atoms with Gasteiger partial charge in [-0.3, -0.25) is 0 Å². The molecule has 2 aromatic rings. The van der Waals surface area contributed by atoms with Crippen molar-refractivity contribution in [2.24, 2.45) is 0 Å². The Labute approximate surface area is 152 Å². The molecule has 0 saturated carbocycles. The average Bonchev–Trinajstić information content (AvgIpc) is 2.48. The number of nitrogens with one attached hydrogen (secondary N) is 1. The molecule has 0 fully saturated rings. The topological polar surface area (TPSA) is 21.3 Å². The van der Waals surface area contributed by atoms with Crippen molar-refractivity contribution >= 4 is 50.1 Å². The number of benzene rings is 2. The predicted octanol–water partition coefficient (Wildman–Crippen LogP) is 5.41. The fourth-order valence-electron chi connectivity index (χ4n) is 2.19. The molecule has 2 nitrogen and oxygen atoms in total. The lowest BCUT2D eigenvalue weighted by Crippen LogP contribution is -2.22. The maximum Gasteiger partial charge on any atom is 0.133 e. The molecule has 0 saturated heterocycles. The van der Waals surface area contributed by atoms with Gasteiger partial charge in [-0.15, -0.1) is 0 Å². The van der Waals surface area contributed by atoms with Crippen molar-refractivity contribution in [3.63, 3.8) is 0 Å². The third-order valence-electron chi connectivity index (χ3n) is 3.19. The van der Waals surface area contributed by atoms with Gasteiger partial charge in [0.1, 0.15) is 5.75 Å². The van der Waals surface area contributed by atoms with Gasteiger partial charge < -0.3 is 10.1 Å². The highest BCUT2D eigenvalue weighted by molar-refractivity contribution is 14.1. The molecule has 21 heavy (non-hydrogen) atoms. The van der Waals surface area contributed by atoms with Gasteiger partial charge in [-0.2, -0.15) is 0 Å². The first-order chi connectivity index (χ1) is 10.1. The van der Waals surface area contributed by atoms with Gasteiger partial charge in [0.05, 0.1) is 22.6 Å². The molecule has 1 unspecified atom stereocenters. The first-order valence-electron chi connectivity index (χ1n) is 6.58. The minimum Gasteiger partial charge on any atom is -0.496 e. The highest BCUT2D eigenvalue weighted by Crippen LogP contribution is 2.32. The van der Waals surface area contributed by atoms with Crippen LogP contribution in [0.4, 0.5) is 0 Å². The molecular weight excluding hydrogens is 464 g/mol. The van der Waals surface area contributed by atoms with E-state index in [1.807, 2.05) is 18.2 Å². The zero-order chi connectivity index (χ0) is 15.4. The van der Waals surface area contributed by atoms with Crippen molar-refractivity contribution in [2.45, 2.75) is 13.0 Å². The summed E-state index contributed by atoms with van der Waals surface area (Å²) >= 11 is 12.0. The molecule has 0 aliphatic rings. The van der Waals surface area contributed by atoms with E-state index >= 15 is 0 Å². The molecule has 1 atom stereocenters. The van der Waals surface area contributed by atoms with Gasteiger partial charge in [0.2, 0.25) is 0 Å². The van der Waals surface area contributed by atoms with Gasteiger partial charge in [-0.25, -0.2) is 0 Å². The number of hydrogen-bond donors (Lipinski definition) is 1. The van der Waals surface area contributed by atoms with E-state index in [1.165, 1.54) is 5.56 Å². The monoisotopic (exact) mass is 479 g/mol. The van der Waals surface area contributed by atoms with Crippen LogP contribution in [0.3, 0.4) is 0 Å². The molecule has 2 rings (SSSR count). The van der Waals surface area contributed by atoms with E-state index in [1.54, 1.807) is 7.11 Å². The summed E-state index contributed by atoms with van der Waals surface area (Å²) in [4.78, 5) is 0. The van der Waals surface area contributed by atoms with Crippen LogP contribution in [0.15, 0.2) is 40.9 Å². The zero-order valence-electron chi connectivity index (χ0n) is 11.8. The number of hydrogen-bond acceptors (Lipinski definition) is 2. The van der Waals surface area contributed by atoms with Crippen LogP contribution >= 0.6 is 50.1 Å². The maximum atomic E-state index is 6.26. The van der Waals surface area contributed by atoms with E-state index < -0.39 is 0 Å². The van der Waals surface area contributed by atoms with E-state index in [9.17, 15) is 0 Å². The third-order valence-corrected chi connectivity index (χ3v) is 5.39. The Morgan fingerprint density at radius 3 is 2.48 bits per heavy atom. The second-order valence-electron chi connectivity index (χ2n) is 4.56. The lowest BCUT2D eigenvalue weighted by Gasteiger charge is -2.20. The van der Waals surface area contributed by atoms with E-state index in [0.29, 0.717) is 0 Å². The number of ether oxygens (including phenoxy) is 1. The molecule has 0 radical (unpaired) electrons. The summed E-state index contributed by atoms with van der Waals surface area (Å²) in [5, 5.41) is 4.28. The Kier molecular flexibility index (Phi) is 6.34. The summed E-state index contributed by atoms with van der Waals surface area (Å²) in [6.45, 7) is 2.97. The van der Waals surface area contributed by atoms with E-state index in [2.05, 4.69) is 69.0 Å². The number of rotatable bonds is 5. The smallest absolute Gasteiger partial charge is 0.133 e. The molecule has 0 aliphatic heterocycles.